The summed E-state index contributed by atoms with van der Waals surface area (Å²) in [6, 6.07) is 10.3. The van der Waals surface area contributed by atoms with E-state index in [1.165, 1.54) is 62.8 Å². The number of benzene rings is 2. The van der Waals surface area contributed by atoms with Gasteiger partial charge in [0.2, 0.25) is 15.9 Å². The summed E-state index contributed by atoms with van der Waals surface area (Å²) in [5.41, 5.74) is -3.13. The number of carbonyl (C=O) groups excluding carboxylic acids is 1. The molecule has 19 heteroatoms. The minimum Gasteiger partial charge on any atom is -0.378 e. The molecule has 57 heavy (non-hydrogen) atoms. The number of hydrogen-bond acceptors (Lipinski definition) is 7. The molecule has 5 aromatic rings. The second kappa shape index (κ2) is 14.7. The summed E-state index contributed by atoms with van der Waals surface area (Å²) in [4.78, 5) is 18.7. The van der Waals surface area contributed by atoms with E-state index in [-0.39, 0.29) is 34.0 Å². The van der Waals surface area contributed by atoms with Gasteiger partial charge in [0.1, 0.15) is 29.4 Å². The smallest absolute Gasteiger partial charge is 0.378 e. The van der Waals surface area contributed by atoms with Crippen molar-refractivity contribution in [1.82, 2.24) is 29.9 Å². The first-order valence-corrected chi connectivity index (χ1v) is 19.6. The summed E-state index contributed by atoms with van der Waals surface area (Å²) in [7, 11) is -2.29. The highest BCUT2D eigenvalue weighted by molar-refractivity contribution is 7.92. The third-order valence-corrected chi connectivity index (χ3v) is 10.4. The lowest BCUT2D eigenvalue weighted by Gasteiger charge is -2.23. The standard InChI is InChI=1S/C38H36ClF6N7O4S/c1-19-20(2)37(41,42)34-29(19)33(38(43,44)45)48-52(34)18-28(53)47-27(17-21-8-7-9-22(40)16-21)31-24(11-10-23(46-31)14-15-36(3,4)54)25-12-13-26(39)30-32(25)51(5)49-35(30)50-57(6,55)56/h7-13,16,19-20,27,54H,17-18H2,1-6H3,(H,47,53)(H,49,50)/t19-,20+,27-/m0/s1. The molecule has 3 aromatic heterocycles. The van der Waals surface area contributed by atoms with Crippen LogP contribution >= 0.6 is 11.6 Å². The fourth-order valence-electron chi connectivity index (χ4n) is 6.95. The number of anilines is 1. The molecule has 0 aliphatic heterocycles. The zero-order valence-electron chi connectivity index (χ0n) is 31.2. The number of aromatic nitrogens is 5. The molecule has 0 spiro atoms. The molecule has 0 bridgehead atoms. The number of pyridine rings is 1. The van der Waals surface area contributed by atoms with Gasteiger partial charge in [-0.3, -0.25) is 18.9 Å². The molecule has 1 aliphatic rings. The second-order valence-electron chi connectivity index (χ2n) is 14.5. The fourth-order valence-corrected chi connectivity index (χ4v) is 7.69. The molecule has 3 N–H and O–H groups in total. The molecular weight excluding hydrogens is 800 g/mol. The zero-order chi connectivity index (χ0) is 42.0. The number of sulfonamides is 1. The maximum atomic E-state index is 15.6. The lowest BCUT2D eigenvalue weighted by molar-refractivity contribution is -0.143. The van der Waals surface area contributed by atoms with Crippen molar-refractivity contribution < 1.29 is 44.7 Å². The maximum absolute atomic E-state index is 15.6. The summed E-state index contributed by atoms with van der Waals surface area (Å²) in [6.07, 6.45) is -4.33. The molecule has 0 saturated carbocycles. The highest BCUT2D eigenvalue weighted by Gasteiger charge is 2.57. The molecule has 0 unspecified atom stereocenters. The number of rotatable bonds is 9. The topological polar surface area (TPSA) is 144 Å². The van der Waals surface area contributed by atoms with Crippen LogP contribution < -0.4 is 10.0 Å². The van der Waals surface area contributed by atoms with Gasteiger partial charge in [-0.25, -0.2) is 17.8 Å². The van der Waals surface area contributed by atoms with Crippen molar-refractivity contribution in [2.75, 3.05) is 11.0 Å². The molecule has 11 nitrogen and oxygen atoms in total. The van der Waals surface area contributed by atoms with Crippen LogP contribution in [0.15, 0.2) is 48.5 Å². The first-order valence-electron chi connectivity index (χ1n) is 17.4. The zero-order valence-corrected chi connectivity index (χ0v) is 32.8. The third-order valence-electron chi connectivity index (χ3n) is 9.57. The second-order valence-corrected chi connectivity index (χ2v) is 16.7. The van der Waals surface area contributed by atoms with Gasteiger partial charge in [-0.05, 0) is 68.0 Å². The van der Waals surface area contributed by atoms with E-state index in [1.807, 2.05) is 0 Å². The molecule has 2 aromatic carbocycles. The quantitative estimate of drug-likeness (QED) is 0.106. The SMILES string of the molecule is C[C@@H]1c2c(C(F)(F)F)nn(CC(=O)N[C@@H](Cc3cccc(F)c3)c3nc(C#CC(C)(C)O)ccc3-c3ccc(Cl)c4c(NS(C)(=O)=O)nn(C)c34)c2C(F)(F)[C@@H]1C. The number of amides is 1. The molecule has 3 atom stereocenters. The van der Waals surface area contributed by atoms with Crippen molar-refractivity contribution in [2.45, 2.75) is 70.3 Å². The van der Waals surface area contributed by atoms with Gasteiger partial charge in [-0.2, -0.15) is 32.1 Å². The van der Waals surface area contributed by atoms with E-state index in [0.717, 1.165) is 13.2 Å². The highest BCUT2D eigenvalue weighted by atomic mass is 35.5. The van der Waals surface area contributed by atoms with E-state index < -0.39 is 80.8 Å². The van der Waals surface area contributed by atoms with Crippen LogP contribution in [0.5, 0.6) is 0 Å². The lowest BCUT2D eigenvalue weighted by atomic mass is 9.93. The maximum Gasteiger partial charge on any atom is 0.435 e. The van der Waals surface area contributed by atoms with E-state index in [0.29, 0.717) is 26.9 Å². The summed E-state index contributed by atoms with van der Waals surface area (Å²) in [5, 5.41) is 21.2. The summed E-state index contributed by atoms with van der Waals surface area (Å²) in [6.45, 7) is 4.21. The van der Waals surface area contributed by atoms with Gasteiger partial charge in [0, 0.05) is 29.7 Å². The Kier molecular flexibility index (Phi) is 10.7. The largest absolute Gasteiger partial charge is 0.435 e. The summed E-state index contributed by atoms with van der Waals surface area (Å²) in [5.74, 6) is -2.79. The van der Waals surface area contributed by atoms with Crippen LogP contribution in [0.2, 0.25) is 5.02 Å². The van der Waals surface area contributed by atoms with Crippen molar-refractivity contribution in [2.24, 2.45) is 13.0 Å². The average Bonchev–Trinajstić information content (AvgIpc) is 3.69. The molecule has 302 valence electrons. The van der Waals surface area contributed by atoms with E-state index in [4.69, 9.17) is 16.6 Å². The van der Waals surface area contributed by atoms with Crippen LogP contribution in [0.25, 0.3) is 22.0 Å². The summed E-state index contributed by atoms with van der Waals surface area (Å²) < 4.78 is 117. The van der Waals surface area contributed by atoms with Gasteiger partial charge >= 0.3 is 6.18 Å². The Morgan fingerprint density at radius 3 is 2.40 bits per heavy atom. The van der Waals surface area contributed by atoms with E-state index in [9.17, 15) is 35.9 Å². The first kappa shape index (κ1) is 41.5. The van der Waals surface area contributed by atoms with Crippen molar-refractivity contribution >= 4 is 44.3 Å². The van der Waals surface area contributed by atoms with Crippen LogP contribution in [0.3, 0.4) is 0 Å². The molecule has 3 heterocycles. The first-order chi connectivity index (χ1) is 26.4. The Labute approximate surface area is 328 Å². The van der Waals surface area contributed by atoms with Crippen molar-refractivity contribution in [3.05, 3.63) is 93.3 Å². The number of halogens is 7. The van der Waals surface area contributed by atoms with Crippen molar-refractivity contribution in [3.8, 4) is 23.0 Å². The Balaban J connectivity index is 1.54. The van der Waals surface area contributed by atoms with Gasteiger partial charge in [-0.15, -0.1) is 0 Å². The summed E-state index contributed by atoms with van der Waals surface area (Å²) >= 11 is 6.58. The third kappa shape index (κ3) is 8.46. The molecule has 0 saturated heterocycles. The molecule has 0 radical (unpaired) electrons. The van der Waals surface area contributed by atoms with Crippen LogP contribution in [0.4, 0.5) is 32.2 Å². The Hall–Kier alpha value is -5.12. The van der Waals surface area contributed by atoms with Crippen LogP contribution in [0, 0.1) is 23.6 Å². The minimum atomic E-state index is -5.09. The van der Waals surface area contributed by atoms with Gasteiger partial charge in [-0.1, -0.05) is 49.6 Å². The molecule has 6 rings (SSSR count). The van der Waals surface area contributed by atoms with E-state index >= 15 is 8.78 Å². The predicted molar refractivity (Wildman–Crippen MR) is 200 cm³/mol. The van der Waals surface area contributed by atoms with Crippen LogP contribution in [-0.2, 0) is 46.9 Å². The number of nitrogens with zero attached hydrogens (tertiary/aromatic N) is 5. The lowest BCUT2D eigenvalue weighted by Crippen LogP contribution is -2.35. The predicted octanol–water partition coefficient (Wildman–Crippen LogP) is 7.08. The fraction of sp³-hybridized carbons (Fsp3) is 0.368. The molecule has 1 aliphatic carbocycles. The average molecular weight is 836 g/mol. The van der Waals surface area contributed by atoms with Gasteiger partial charge in [0.25, 0.3) is 5.92 Å². The number of carbonyl (C=O) groups is 1. The monoisotopic (exact) mass is 835 g/mol. The van der Waals surface area contributed by atoms with Crippen LogP contribution in [0.1, 0.15) is 73.6 Å². The highest BCUT2D eigenvalue weighted by Crippen LogP contribution is 2.55. The molecule has 1 amide bonds. The van der Waals surface area contributed by atoms with Gasteiger partial charge in [0.15, 0.2) is 11.5 Å². The molecule has 0 fully saturated rings. The Bertz CT molecular complexity index is 2590. The normalized spacial score (nSPS) is 17.2. The number of aliphatic hydroxyl groups is 1. The van der Waals surface area contributed by atoms with Gasteiger partial charge in [0.05, 0.1) is 33.9 Å². The Morgan fingerprint density at radius 1 is 1.09 bits per heavy atom. The van der Waals surface area contributed by atoms with E-state index in [1.54, 1.807) is 18.2 Å². The number of aryl methyl sites for hydroxylation is 1. The van der Waals surface area contributed by atoms with Gasteiger partial charge < -0.3 is 10.4 Å². The van der Waals surface area contributed by atoms with Crippen molar-refractivity contribution in [1.29, 1.82) is 0 Å². The van der Waals surface area contributed by atoms with Crippen molar-refractivity contribution in [3.63, 3.8) is 0 Å². The number of fused-ring (bicyclic) bond motifs is 2. The Morgan fingerprint density at radius 2 is 1.77 bits per heavy atom. The molecular formula is C38H36ClF6N7O4S. The number of nitrogens with one attached hydrogen (secondary N) is 2. The van der Waals surface area contributed by atoms with E-state index in [2.05, 4.69) is 32.1 Å². The number of hydrogen-bond donors (Lipinski definition) is 3. The van der Waals surface area contributed by atoms with Crippen LogP contribution in [-0.4, -0.2) is 55.8 Å². The number of alkyl halides is 5. The minimum absolute atomic E-state index is 0.0758.